The number of carbonyl (C=O) groups is 1. The fourth-order valence-corrected chi connectivity index (χ4v) is 2.39. The van der Waals surface area contributed by atoms with Crippen molar-refractivity contribution in [2.45, 2.75) is 20.3 Å². The highest BCUT2D eigenvalue weighted by Gasteiger charge is 2.34. The molecule has 1 aliphatic rings. The van der Waals surface area contributed by atoms with Crippen molar-refractivity contribution < 1.29 is 9.90 Å². The minimum Gasteiger partial charge on any atom is -0.481 e. The van der Waals surface area contributed by atoms with E-state index in [1.54, 1.807) is 13.8 Å². The van der Waals surface area contributed by atoms with Crippen molar-refractivity contribution in [2.24, 2.45) is 5.41 Å². The molecule has 1 aromatic carbocycles. The largest absolute Gasteiger partial charge is 0.481 e. The quantitative estimate of drug-likeness (QED) is 0.900. The molecule has 0 saturated heterocycles. The van der Waals surface area contributed by atoms with Crippen molar-refractivity contribution in [3.63, 3.8) is 0 Å². The third-order valence-corrected chi connectivity index (χ3v) is 3.87. The minimum atomic E-state index is -0.793. The summed E-state index contributed by atoms with van der Waals surface area (Å²) in [5.41, 5.74) is 2.48. The van der Waals surface area contributed by atoms with Gasteiger partial charge in [-0.05, 0) is 43.0 Å². The van der Waals surface area contributed by atoms with Crippen molar-refractivity contribution in [3.8, 4) is 0 Å². The highest BCUT2D eigenvalue weighted by Crippen LogP contribution is 2.39. The van der Waals surface area contributed by atoms with E-state index in [2.05, 4.69) is 15.9 Å². The van der Waals surface area contributed by atoms with Gasteiger partial charge in [-0.3, -0.25) is 4.79 Å². The van der Waals surface area contributed by atoms with Crippen LogP contribution in [-0.4, -0.2) is 11.1 Å². The summed E-state index contributed by atoms with van der Waals surface area (Å²) in [4.78, 5) is 11.2. The van der Waals surface area contributed by atoms with E-state index in [1.807, 2.05) is 24.3 Å². The van der Waals surface area contributed by atoms with E-state index in [0.29, 0.717) is 0 Å². The van der Waals surface area contributed by atoms with Crippen molar-refractivity contribution in [2.75, 3.05) is 0 Å². The number of fused-ring (bicyclic) bond motifs is 1. The predicted octanol–water partition coefficient (Wildman–Crippen LogP) is 3.50. The lowest BCUT2D eigenvalue weighted by Crippen LogP contribution is -2.26. The molecule has 0 spiro atoms. The van der Waals surface area contributed by atoms with Gasteiger partial charge in [0.2, 0.25) is 0 Å². The van der Waals surface area contributed by atoms with Crippen molar-refractivity contribution in [3.05, 3.63) is 39.4 Å². The monoisotopic (exact) mass is 280 g/mol. The molecule has 0 amide bonds. The van der Waals surface area contributed by atoms with Gasteiger partial charge in [0.05, 0.1) is 5.41 Å². The second-order valence-corrected chi connectivity index (χ2v) is 5.44. The summed E-state index contributed by atoms with van der Waals surface area (Å²) in [6, 6.07) is 6.00. The molecule has 3 heteroatoms. The van der Waals surface area contributed by atoms with Gasteiger partial charge in [-0.25, -0.2) is 0 Å². The Hall–Kier alpha value is -1.09. The second-order valence-electron chi connectivity index (χ2n) is 4.59. The molecule has 0 saturated carbocycles. The first-order valence-electron chi connectivity index (χ1n) is 5.15. The molecule has 1 N–H and O–H groups in total. The van der Waals surface area contributed by atoms with Crippen LogP contribution in [0.3, 0.4) is 0 Å². The number of benzene rings is 1. The second kappa shape index (κ2) is 3.74. The number of halogens is 1. The van der Waals surface area contributed by atoms with E-state index in [9.17, 15) is 9.90 Å². The summed E-state index contributed by atoms with van der Waals surface area (Å²) < 4.78 is 1.03. The maximum atomic E-state index is 11.2. The molecule has 0 fully saturated rings. The van der Waals surface area contributed by atoms with Crippen LogP contribution in [0.25, 0.3) is 6.08 Å². The van der Waals surface area contributed by atoms with Crippen LogP contribution in [0.2, 0.25) is 0 Å². The van der Waals surface area contributed by atoms with Gasteiger partial charge in [-0.2, -0.15) is 0 Å². The SMILES string of the molecule is CC(C)(C(=O)O)C1=Cc2c(Br)cccc2C1. The number of hydrogen-bond acceptors (Lipinski definition) is 1. The van der Waals surface area contributed by atoms with Gasteiger partial charge < -0.3 is 5.11 Å². The Labute approximate surface area is 103 Å². The number of carboxylic acid groups (broad SMARTS) is 1. The molecule has 84 valence electrons. The highest BCUT2D eigenvalue weighted by molar-refractivity contribution is 9.10. The Bertz CT molecular complexity index is 487. The van der Waals surface area contributed by atoms with E-state index >= 15 is 0 Å². The lowest BCUT2D eigenvalue weighted by molar-refractivity contribution is -0.144. The number of carboxylic acids is 1. The molecular formula is C13H13BrO2. The van der Waals surface area contributed by atoms with Gasteiger partial charge in [-0.15, -0.1) is 0 Å². The van der Waals surface area contributed by atoms with Crippen molar-refractivity contribution in [1.82, 2.24) is 0 Å². The normalized spacial score (nSPS) is 14.6. The zero-order valence-electron chi connectivity index (χ0n) is 9.25. The van der Waals surface area contributed by atoms with E-state index in [0.717, 1.165) is 22.0 Å². The maximum absolute atomic E-state index is 11.2. The molecule has 0 atom stereocenters. The standard InChI is InChI=1S/C13H13BrO2/c1-13(2,12(15)16)9-6-8-4-3-5-11(14)10(8)7-9/h3-5,7H,6H2,1-2H3,(H,15,16). The minimum absolute atomic E-state index is 0.730. The highest BCUT2D eigenvalue weighted by atomic mass is 79.9. The molecule has 0 bridgehead atoms. The number of aliphatic carboxylic acids is 1. The number of rotatable bonds is 2. The van der Waals surface area contributed by atoms with Gasteiger partial charge in [-0.1, -0.05) is 34.1 Å². The average molecular weight is 281 g/mol. The topological polar surface area (TPSA) is 37.3 Å². The van der Waals surface area contributed by atoms with Crippen LogP contribution >= 0.6 is 15.9 Å². The molecule has 0 aromatic heterocycles. The molecule has 2 rings (SSSR count). The van der Waals surface area contributed by atoms with Crippen LogP contribution in [0.15, 0.2) is 28.2 Å². The summed E-state index contributed by atoms with van der Waals surface area (Å²) in [6.07, 6.45) is 2.72. The molecule has 0 radical (unpaired) electrons. The summed E-state index contributed by atoms with van der Waals surface area (Å²) in [6.45, 7) is 3.50. The van der Waals surface area contributed by atoms with Crippen LogP contribution in [-0.2, 0) is 11.2 Å². The van der Waals surface area contributed by atoms with E-state index in [1.165, 1.54) is 5.56 Å². The fourth-order valence-electron chi connectivity index (χ4n) is 1.87. The maximum Gasteiger partial charge on any atom is 0.313 e. The molecule has 1 aliphatic carbocycles. The molecule has 16 heavy (non-hydrogen) atoms. The fraction of sp³-hybridized carbons (Fsp3) is 0.308. The lowest BCUT2D eigenvalue weighted by Gasteiger charge is -2.20. The zero-order chi connectivity index (χ0) is 11.9. The average Bonchev–Trinajstić information content (AvgIpc) is 2.63. The van der Waals surface area contributed by atoms with Gasteiger partial charge in [0.1, 0.15) is 0 Å². The molecule has 0 heterocycles. The summed E-state index contributed by atoms with van der Waals surface area (Å²) in [5, 5.41) is 9.20. The number of hydrogen-bond donors (Lipinski definition) is 1. The first-order chi connectivity index (χ1) is 7.43. The Balaban J connectivity index is 2.43. The van der Waals surface area contributed by atoms with Crippen LogP contribution in [0.5, 0.6) is 0 Å². The Morgan fingerprint density at radius 3 is 2.69 bits per heavy atom. The Kier molecular flexibility index (Phi) is 2.66. The van der Waals surface area contributed by atoms with E-state index in [4.69, 9.17) is 0 Å². The van der Waals surface area contributed by atoms with E-state index < -0.39 is 11.4 Å². The van der Waals surface area contributed by atoms with Crippen LogP contribution in [0.1, 0.15) is 25.0 Å². The van der Waals surface area contributed by atoms with Gasteiger partial charge in [0, 0.05) is 4.47 Å². The Morgan fingerprint density at radius 2 is 2.12 bits per heavy atom. The van der Waals surface area contributed by atoms with Crippen LogP contribution in [0.4, 0.5) is 0 Å². The summed E-state index contributed by atoms with van der Waals surface area (Å²) in [5.74, 6) is -0.775. The molecule has 2 nitrogen and oxygen atoms in total. The smallest absolute Gasteiger partial charge is 0.313 e. The van der Waals surface area contributed by atoms with Crippen molar-refractivity contribution in [1.29, 1.82) is 0 Å². The lowest BCUT2D eigenvalue weighted by atomic mass is 9.83. The first kappa shape index (κ1) is 11.4. The van der Waals surface area contributed by atoms with Crippen LogP contribution < -0.4 is 0 Å². The predicted molar refractivity (Wildman–Crippen MR) is 67.2 cm³/mol. The zero-order valence-corrected chi connectivity index (χ0v) is 10.8. The Morgan fingerprint density at radius 1 is 1.44 bits per heavy atom. The summed E-state index contributed by atoms with van der Waals surface area (Å²) >= 11 is 3.49. The molecule has 1 aromatic rings. The van der Waals surface area contributed by atoms with Gasteiger partial charge in [0.15, 0.2) is 0 Å². The third kappa shape index (κ3) is 1.69. The molecular weight excluding hydrogens is 268 g/mol. The van der Waals surface area contributed by atoms with E-state index in [-0.39, 0.29) is 0 Å². The van der Waals surface area contributed by atoms with Gasteiger partial charge in [0.25, 0.3) is 0 Å². The third-order valence-electron chi connectivity index (χ3n) is 3.18. The summed E-state index contributed by atoms with van der Waals surface area (Å²) in [7, 11) is 0. The van der Waals surface area contributed by atoms with Gasteiger partial charge >= 0.3 is 5.97 Å². The first-order valence-corrected chi connectivity index (χ1v) is 5.94. The van der Waals surface area contributed by atoms with Crippen molar-refractivity contribution >= 4 is 28.0 Å². The van der Waals surface area contributed by atoms with Crippen LogP contribution in [0, 0.1) is 5.41 Å². The molecule has 0 aliphatic heterocycles. The molecule has 0 unspecified atom stereocenters.